The highest BCUT2D eigenvalue weighted by molar-refractivity contribution is 5.28. The minimum atomic E-state index is -0.0141. The second-order valence-electron chi connectivity index (χ2n) is 7.98. The van der Waals surface area contributed by atoms with Crippen molar-refractivity contribution in [2.45, 2.75) is 64.8 Å². The first-order valence-electron chi connectivity index (χ1n) is 8.44. The molecule has 1 aromatic carbocycles. The van der Waals surface area contributed by atoms with Crippen molar-refractivity contribution in [2.75, 3.05) is 6.54 Å². The van der Waals surface area contributed by atoms with E-state index >= 15 is 0 Å². The number of benzene rings is 1. The molecule has 2 unspecified atom stereocenters. The summed E-state index contributed by atoms with van der Waals surface area (Å²) in [5, 5.41) is 3.67. The highest BCUT2D eigenvalue weighted by Crippen LogP contribution is 2.47. The Balaban J connectivity index is 1.82. The first-order valence-corrected chi connectivity index (χ1v) is 8.44. The van der Waals surface area contributed by atoms with E-state index in [1.807, 2.05) is 6.07 Å². The lowest BCUT2D eigenvalue weighted by Crippen LogP contribution is -2.35. The second kappa shape index (κ2) is 5.72. The number of rotatable bonds is 4. The van der Waals surface area contributed by atoms with Crippen molar-refractivity contribution < 1.29 is 4.39 Å². The molecular formula is C19H28FN. The molecule has 1 aromatic rings. The van der Waals surface area contributed by atoms with Crippen LogP contribution in [0.25, 0.3) is 0 Å². The van der Waals surface area contributed by atoms with Crippen molar-refractivity contribution in [2.24, 2.45) is 11.3 Å². The molecular weight excluding hydrogens is 261 g/mol. The van der Waals surface area contributed by atoms with Gasteiger partial charge in [-0.2, -0.15) is 0 Å². The average Bonchev–Trinajstić information content (AvgIpc) is 3.23. The van der Waals surface area contributed by atoms with E-state index in [0.717, 1.165) is 24.6 Å². The Morgan fingerprint density at radius 2 is 2.00 bits per heavy atom. The van der Waals surface area contributed by atoms with Crippen LogP contribution in [0.1, 0.15) is 63.0 Å². The second-order valence-corrected chi connectivity index (χ2v) is 7.98. The molecule has 1 nitrogen and oxygen atoms in total. The van der Waals surface area contributed by atoms with Gasteiger partial charge in [0.2, 0.25) is 0 Å². The van der Waals surface area contributed by atoms with E-state index in [0.29, 0.717) is 17.3 Å². The Morgan fingerprint density at radius 1 is 1.24 bits per heavy atom. The third kappa shape index (κ3) is 3.66. The van der Waals surface area contributed by atoms with Crippen molar-refractivity contribution in [3.8, 4) is 0 Å². The van der Waals surface area contributed by atoms with Gasteiger partial charge in [-0.3, -0.25) is 0 Å². The number of nitrogens with one attached hydrogen (secondary N) is 1. The van der Waals surface area contributed by atoms with Crippen molar-refractivity contribution in [1.82, 2.24) is 5.32 Å². The van der Waals surface area contributed by atoms with Gasteiger partial charge < -0.3 is 5.32 Å². The molecule has 0 bridgehead atoms. The Hall–Kier alpha value is -0.890. The van der Waals surface area contributed by atoms with Crippen LogP contribution in [-0.2, 0) is 0 Å². The molecule has 2 heteroatoms. The molecule has 116 valence electrons. The normalized spacial score (nSPS) is 28.6. The predicted octanol–water partition coefficient (Wildman–Crippen LogP) is 4.80. The fourth-order valence-corrected chi connectivity index (χ4v) is 3.80. The summed E-state index contributed by atoms with van der Waals surface area (Å²) < 4.78 is 14.4. The van der Waals surface area contributed by atoms with Gasteiger partial charge in [0.05, 0.1) is 0 Å². The van der Waals surface area contributed by atoms with Crippen molar-refractivity contribution in [1.29, 1.82) is 0 Å². The zero-order valence-electron chi connectivity index (χ0n) is 13.6. The first kappa shape index (κ1) is 15.0. The van der Waals surface area contributed by atoms with E-state index < -0.39 is 0 Å². The van der Waals surface area contributed by atoms with E-state index in [1.54, 1.807) is 6.07 Å². The molecule has 2 fully saturated rings. The maximum Gasteiger partial charge on any atom is 0.126 e. The van der Waals surface area contributed by atoms with Crippen LogP contribution in [0, 0.1) is 24.1 Å². The molecule has 2 aliphatic rings. The molecule has 0 aromatic heterocycles. The summed E-state index contributed by atoms with van der Waals surface area (Å²) in [5.74, 6) is 0.926. The first-order chi connectivity index (χ1) is 9.94. The minimum Gasteiger partial charge on any atom is -0.314 e. The smallest absolute Gasteiger partial charge is 0.126 e. The van der Waals surface area contributed by atoms with Crippen molar-refractivity contribution in [3.05, 3.63) is 35.1 Å². The summed E-state index contributed by atoms with van der Waals surface area (Å²) >= 11 is 0. The third-order valence-electron chi connectivity index (χ3n) is 5.33. The Kier molecular flexibility index (Phi) is 4.09. The molecule has 0 amide bonds. The maximum absolute atomic E-state index is 14.4. The topological polar surface area (TPSA) is 12.0 Å². The summed E-state index contributed by atoms with van der Waals surface area (Å²) in [6.07, 6.45) is 6.21. The Bertz CT molecular complexity index is 502. The van der Waals surface area contributed by atoms with Gasteiger partial charge in [-0.25, -0.2) is 4.39 Å². The molecule has 2 saturated carbocycles. The molecule has 2 atom stereocenters. The van der Waals surface area contributed by atoms with E-state index in [4.69, 9.17) is 0 Å². The quantitative estimate of drug-likeness (QED) is 0.840. The summed E-state index contributed by atoms with van der Waals surface area (Å²) in [7, 11) is 0. The Morgan fingerprint density at radius 3 is 2.71 bits per heavy atom. The maximum atomic E-state index is 14.4. The predicted molar refractivity (Wildman–Crippen MR) is 86.0 cm³/mol. The van der Waals surface area contributed by atoms with Crippen LogP contribution in [0.3, 0.4) is 0 Å². The van der Waals surface area contributed by atoms with Crippen LogP contribution in [0.5, 0.6) is 0 Å². The monoisotopic (exact) mass is 289 g/mol. The number of hydrogen-bond donors (Lipinski definition) is 1. The van der Waals surface area contributed by atoms with Gasteiger partial charge in [0.15, 0.2) is 0 Å². The average molecular weight is 289 g/mol. The lowest BCUT2D eigenvalue weighted by Gasteiger charge is -2.41. The zero-order chi connectivity index (χ0) is 15.0. The van der Waals surface area contributed by atoms with Crippen LogP contribution in [0.4, 0.5) is 4.39 Å². The van der Waals surface area contributed by atoms with E-state index in [2.05, 4.69) is 32.2 Å². The van der Waals surface area contributed by atoms with Crippen molar-refractivity contribution >= 4 is 0 Å². The van der Waals surface area contributed by atoms with Gasteiger partial charge in [-0.1, -0.05) is 31.5 Å². The van der Waals surface area contributed by atoms with Gasteiger partial charge in [0, 0.05) is 6.04 Å². The van der Waals surface area contributed by atoms with Crippen LogP contribution < -0.4 is 5.32 Å². The molecule has 0 spiro atoms. The lowest BCUT2D eigenvalue weighted by molar-refractivity contribution is 0.157. The standard InChI is InChI=1S/C19H28FN/c1-13-4-7-18(20)16(10-13)17-11-19(2,3)9-8-14(17)12-21-15-5-6-15/h4,7,10,14-15,17,21H,5-6,8-9,11-12H2,1-3H3. The summed E-state index contributed by atoms with van der Waals surface area (Å²) in [6.45, 7) is 7.78. The summed E-state index contributed by atoms with van der Waals surface area (Å²) in [4.78, 5) is 0. The minimum absolute atomic E-state index is 0.0141. The number of hydrogen-bond acceptors (Lipinski definition) is 1. The lowest BCUT2D eigenvalue weighted by atomic mass is 9.65. The van der Waals surface area contributed by atoms with Gasteiger partial charge >= 0.3 is 0 Å². The summed E-state index contributed by atoms with van der Waals surface area (Å²) in [5.41, 5.74) is 2.45. The zero-order valence-corrected chi connectivity index (χ0v) is 13.6. The molecule has 0 aliphatic heterocycles. The van der Waals surface area contributed by atoms with Gasteiger partial charge in [0.1, 0.15) is 5.82 Å². The molecule has 0 saturated heterocycles. The summed E-state index contributed by atoms with van der Waals surface area (Å²) in [6, 6.07) is 6.34. The van der Waals surface area contributed by atoms with Crippen LogP contribution >= 0.6 is 0 Å². The molecule has 0 radical (unpaired) electrons. The van der Waals surface area contributed by atoms with E-state index in [9.17, 15) is 4.39 Å². The third-order valence-corrected chi connectivity index (χ3v) is 5.33. The fourth-order valence-electron chi connectivity index (χ4n) is 3.80. The van der Waals surface area contributed by atoms with Gasteiger partial charge in [-0.15, -0.1) is 0 Å². The highest BCUT2D eigenvalue weighted by Gasteiger charge is 2.37. The van der Waals surface area contributed by atoms with Crippen LogP contribution in [0.2, 0.25) is 0 Å². The number of halogens is 1. The van der Waals surface area contributed by atoms with E-state index in [-0.39, 0.29) is 5.82 Å². The van der Waals surface area contributed by atoms with Gasteiger partial charge in [-0.05, 0) is 74.5 Å². The molecule has 1 N–H and O–H groups in total. The highest BCUT2D eigenvalue weighted by atomic mass is 19.1. The molecule has 3 rings (SSSR count). The SMILES string of the molecule is Cc1ccc(F)c(C2CC(C)(C)CCC2CNC2CC2)c1. The van der Waals surface area contributed by atoms with Gasteiger partial charge in [0.25, 0.3) is 0 Å². The van der Waals surface area contributed by atoms with Crippen molar-refractivity contribution in [3.63, 3.8) is 0 Å². The number of aryl methyl sites for hydroxylation is 1. The molecule has 0 heterocycles. The Labute approximate surface area is 128 Å². The molecule has 21 heavy (non-hydrogen) atoms. The fraction of sp³-hybridized carbons (Fsp3) is 0.684. The molecule has 2 aliphatic carbocycles. The largest absolute Gasteiger partial charge is 0.314 e. The van der Waals surface area contributed by atoms with Crippen LogP contribution in [0.15, 0.2) is 18.2 Å². The van der Waals surface area contributed by atoms with Crippen LogP contribution in [-0.4, -0.2) is 12.6 Å². The van der Waals surface area contributed by atoms with E-state index in [1.165, 1.54) is 31.2 Å².